The molecule has 0 aliphatic carbocycles. The van der Waals surface area contributed by atoms with Gasteiger partial charge in [0.05, 0.1) is 11.7 Å². The molecule has 2 N–H and O–H groups in total. The Kier molecular flexibility index (Phi) is 3.88. The smallest absolute Gasteiger partial charge is 0.0757 e. The molecular formula is C13H22N2OS. The maximum Gasteiger partial charge on any atom is 0.0757 e. The fraction of sp³-hybridized carbons (Fsp3) is 0.692. The van der Waals surface area contributed by atoms with Crippen molar-refractivity contribution in [3.63, 3.8) is 0 Å². The summed E-state index contributed by atoms with van der Waals surface area (Å²) in [5.74, 6) is 0. The average molecular weight is 254 g/mol. The number of thiophene rings is 1. The molecule has 0 spiro atoms. The molecule has 0 aromatic carbocycles. The molecule has 1 aromatic heterocycles. The zero-order chi connectivity index (χ0) is 12.5. The standard InChI is InChI=1S/C13H22N2OS/c1-10-7-15(9-13(2,3)16-10)8-12-5-4-11(6-14)17-12/h4-5,10H,6-9,14H2,1-3H3. The molecule has 1 fully saturated rings. The predicted octanol–water partition coefficient (Wildman–Crippen LogP) is 2.21. The average Bonchev–Trinajstić information content (AvgIpc) is 2.62. The van der Waals surface area contributed by atoms with Gasteiger partial charge in [-0.2, -0.15) is 0 Å². The lowest BCUT2D eigenvalue weighted by molar-refractivity contribution is -0.130. The van der Waals surface area contributed by atoms with E-state index in [2.05, 4.69) is 37.8 Å². The van der Waals surface area contributed by atoms with Crippen LogP contribution in [-0.4, -0.2) is 29.7 Å². The lowest BCUT2D eigenvalue weighted by Crippen LogP contribution is -2.51. The van der Waals surface area contributed by atoms with Gasteiger partial charge in [-0.15, -0.1) is 11.3 Å². The number of hydrogen-bond acceptors (Lipinski definition) is 4. The van der Waals surface area contributed by atoms with E-state index >= 15 is 0 Å². The summed E-state index contributed by atoms with van der Waals surface area (Å²) in [5, 5.41) is 0. The molecule has 0 amide bonds. The normalized spacial score (nSPS) is 25.1. The van der Waals surface area contributed by atoms with E-state index in [1.54, 1.807) is 0 Å². The molecule has 1 unspecified atom stereocenters. The lowest BCUT2D eigenvalue weighted by Gasteiger charge is -2.41. The molecule has 1 aromatic rings. The van der Waals surface area contributed by atoms with E-state index in [0.717, 1.165) is 19.6 Å². The van der Waals surface area contributed by atoms with Gasteiger partial charge in [0.1, 0.15) is 0 Å². The SMILES string of the molecule is CC1CN(Cc2ccc(CN)s2)CC(C)(C)O1. The van der Waals surface area contributed by atoms with Gasteiger partial charge < -0.3 is 10.5 Å². The van der Waals surface area contributed by atoms with Gasteiger partial charge in [0.25, 0.3) is 0 Å². The maximum absolute atomic E-state index is 5.91. The number of hydrogen-bond donors (Lipinski definition) is 1. The van der Waals surface area contributed by atoms with E-state index in [-0.39, 0.29) is 5.60 Å². The summed E-state index contributed by atoms with van der Waals surface area (Å²) >= 11 is 1.82. The largest absolute Gasteiger partial charge is 0.370 e. The van der Waals surface area contributed by atoms with Gasteiger partial charge >= 0.3 is 0 Å². The maximum atomic E-state index is 5.91. The van der Waals surface area contributed by atoms with Crippen molar-refractivity contribution in [3.8, 4) is 0 Å². The van der Waals surface area contributed by atoms with Crippen LogP contribution in [0.15, 0.2) is 12.1 Å². The number of nitrogens with zero attached hydrogens (tertiary/aromatic N) is 1. The minimum atomic E-state index is -0.0361. The van der Waals surface area contributed by atoms with Crippen LogP contribution in [0.2, 0.25) is 0 Å². The summed E-state index contributed by atoms with van der Waals surface area (Å²) in [6.07, 6.45) is 0.313. The fourth-order valence-corrected chi connectivity index (χ4v) is 3.48. The van der Waals surface area contributed by atoms with Crippen molar-refractivity contribution >= 4 is 11.3 Å². The molecule has 1 saturated heterocycles. The topological polar surface area (TPSA) is 38.5 Å². The molecular weight excluding hydrogens is 232 g/mol. The first kappa shape index (κ1) is 13.0. The highest BCUT2D eigenvalue weighted by Crippen LogP contribution is 2.24. The van der Waals surface area contributed by atoms with Crippen molar-refractivity contribution in [2.45, 2.75) is 45.6 Å². The zero-order valence-electron chi connectivity index (χ0n) is 10.9. The minimum Gasteiger partial charge on any atom is -0.370 e. The van der Waals surface area contributed by atoms with Gasteiger partial charge in [-0.25, -0.2) is 0 Å². The molecule has 2 rings (SSSR count). The third-order valence-electron chi connectivity index (χ3n) is 2.94. The van der Waals surface area contributed by atoms with E-state index in [0.29, 0.717) is 12.6 Å². The Morgan fingerprint density at radius 2 is 2.18 bits per heavy atom. The molecule has 1 aliphatic rings. The van der Waals surface area contributed by atoms with E-state index in [1.165, 1.54) is 9.75 Å². The van der Waals surface area contributed by atoms with Gasteiger partial charge in [0.2, 0.25) is 0 Å². The van der Waals surface area contributed by atoms with Crippen LogP contribution >= 0.6 is 11.3 Å². The van der Waals surface area contributed by atoms with Crippen molar-refractivity contribution in [1.82, 2.24) is 4.90 Å². The monoisotopic (exact) mass is 254 g/mol. The summed E-state index contributed by atoms with van der Waals surface area (Å²) in [6, 6.07) is 4.33. The number of rotatable bonds is 3. The summed E-state index contributed by atoms with van der Waals surface area (Å²) in [6.45, 7) is 10.1. The first-order chi connectivity index (χ1) is 7.98. The first-order valence-corrected chi connectivity index (χ1v) is 6.98. The van der Waals surface area contributed by atoms with E-state index in [9.17, 15) is 0 Å². The second-order valence-corrected chi connectivity index (χ2v) is 6.68. The Morgan fingerprint density at radius 3 is 2.76 bits per heavy atom. The lowest BCUT2D eigenvalue weighted by atomic mass is 10.1. The van der Waals surface area contributed by atoms with E-state index in [4.69, 9.17) is 10.5 Å². The van der Waals surface area contributed by atoms with E-state index < -0.39 is 0 Å². The highest BCUT2D eigenvalue weighted by Gasteiger charge is 2.31. The van der Waals surface area contributed by atoms with Crippen LogP contribution in [0.4, 0.5) is 0 Å². The van der Waals surface area contributed by atoms with Crippen molar-refractivity contribution < 1.29 is 4.74 Å². The third-order valence-corrected chi connectivity index (χ3v) is 4.03. The van der Waals surface area contributed by atoms with Gasteiger partial charge in [-0.1, -0.05) is 0 Å². The zero-order valence-corrected chi connectivity index (χ0v) is 11.7. The van der Waals surface area contributed by atoms with Gasteiger partial charge in [-0.05, 0) is 32.9 Å². The molecule has 4 heteroatoms. The van der Waals surface area contributed by atoms with Crippen LogP contribution in [-0.2, 0) is 17.8 Å². The van der Waals surface area contributed by atoms with Gasteiger partial charge in [-0.3, -0.25) is 4.90 Å². The van der Waals surface area contributed by atoms with Crippen LogP contribution in [0.3, 0.4) is 0 Å². The molecule has 2 heterocycles. The number of ether oxygens (including phenoxy) is 1. The van der Waals surface area contributed by atoms with Crippen molar-refractivity contribution in [1.29, 1.82) is 0 Å². The molecule has 0 saturated carbocycles. The first-order valence-electron chi connectivity index (χ1n) is 6.16. The summed E-state index contributed by atoms with van der Waals surface area (Å²) in [4.78, 5) is 5.14. The highest BCUT2D eigenvalue weighted by atomic mass is 32.1. The molecule has 1 aliphatic heterocycles. The van der Waals surface area contributed by atoms with Crippen LogP contribution in [0.1, 0.15) is 30.5 Å². The van der Waals surface area contributed by atoms with E-state index in [1.807, 2.05) is 11.3 Å². The van der Waals surface area contributed by atoms with Gasteiger partial charge in [0, 0.05) is 35.9 Å². The predicted molar refractivity (Wildman–Crippen MR) is 72.1 cm³/mol. The van der Waals surface area contributed by atoms with Crippen LogP contribution in [0, 0.1) is 0 Å². The molecule has 3 nitrogen and oxygen atoms in total. The van der Waals surface area contributed by atoms with Crippen LogP contribution < -0.4 is 5.73 Å². The molecule has 0 bridgehead atoms. The molecule has 1 atom stereocenters. The van der Waals surface area contributed by atoms with Crippen molar-refractivity contribution in [2.24, 2.45) is 5.73 Å². The van der Waals surface area contributed by atoms with Gasteiger partial charge in [0.15, 0.2) is 0 Å². The number of morpholine rings is 1. The Morgan fingerprint density at radius 1 is 1.47 bits per heavy atom. The summed E-state index contributed by atoms with van der Waals surface area (Å²) in [7, 11) is 0. The highest BCUT2D eigenvalue weighted by molar-refractivity contribution is 7.11. The second-order valence-electron chi connectivity index (χ2n) is 5.43. The fourth-order valence-electron chi connectivity index (χ4n) is 2.54. The Balaban J connectivity index is 1.98. The summed E-state index contributed by atoms with van der Waals surface area (Å²) < 4.78 is 5.91. The Hall–Kier alpha value is -0.420. The van der Waals surface area contributed by atoms with Crippen molar-refractivity contribution in [2.75, 3.05) is 13.1 Å². The van der Waals surface area contributed by atoms with Crippen LogP contribution in [0.25, 0.3) is 0 Å². The number of nitrogens with two attached hydrogens (primary N) is 1. The minimum absolute atomic E-state index is 0.0361. The second kappa shape index (κ2) is 5.06. The molecule has 17 heavy (non-hydrogen) atoms. The van der Waals surface area contributed by atoms with Crippen LogP contribution in [0.5, 0.6) is 0 Å². The summed E-state index contributed by atoms with van der Waals surface area (Å²) in [5.41, 5.74) is 5.60. The molecule has 96 valence electrons. The molecule has 0 radical (unpaired) electrons. The van der Waals surface area contributed by atoms with Crippen molar-refractivity contribution in [3.05, 3.63) is 21.9 Å². The third kappa shape index (κ3) is 3.52. The Bertz CT molecular complexity index is 375. The Labute approximate surface area is 108 Å². The quantitative estimate of drug-likeness (QED) is 0.899.